The third kappa shape index (κ3) is 3.16. The average molecular weight is 268 g/mol. The third-order valence-electron chi connectivity index (χ3n) is 3.16. The van der Waals surface area contributed by atoms with Gasteiger partial charge in [0.15, 0.2) is 11.5 Å². The molecule has 104 valence electrons. The molecule has 0 aliphatic carbocycles. The molecular formula is C14H17FO4. The topological polar surface area (TPSA) is 55.8 Å². The van der Waals surface area contributed by atoms with E-state index < -0.39 is 11.8 Å². The molecule has 5 heteroatoms. The minimum absolute atomic E-state index is 0.0790. The number of hydrogen-bond donors (Lipinski definition) is 1. The van der Waals surface area contributed by atoms with Crippen molar-refractivity contribution < 1.29 is 23.8 Å². The molecule has 0 bridgehead atoms. The predicted molar refractivity (Wildman–Crippen MR) is 67.3 cm³/mol. The van der Waals surface area contributed by atoms with Crippen molar-refractivity contribution in [3.05, 3.63) is 23.5 Å². The van der Waals surface area contributed by atoms with Crippen LogP contribution in [0.5, 0.6) is 11.5 Å². The molecule has 0 aromatic heterocycles. The van der Waals surface area contributed by atoms with Gasteiger partial charge < -0.3 is 14.6 Å². The van der Waals surface area contributed by atoms with Crippen molar-refractivity contribution in [3.63, 3.8) is 0 Å². The summed E-state index contributed by atoms with van der Waals surface area (Å²) in [4.78, 5) is 10.9. The molecule has 1 aromatic carbocycles. The Morgan fingerprint density at radius 3 is 2.58 bits per heavy atom. The molecule has 19 heavy (non-hydrogen) atoms. The molecule has 2 rings (SSSR count). The van der Waals surface area contributed by atoms with Gasteiger partial charge in [0.2, 0.25) is 0 Å². The third-order valence-corrected chi connectivity index (χ3v) is 3.16. The zero-order valence-corrected chi connectivity index (χ0v) is 10.8. The lowest BCUT2D eigenvalue weighted by atomic mass is 9.90. The van der Waals surface area contributed by atoms with Crippen molar-refractivity contribution in [2.75, 3.05) is 13.2 Å². The van der Waals surface area contributed by atoms with Gasteiger partial charge in [0.05, 0.1) is 6.42 Å². The standard InChI is InChI=1S/C14H17FO4/c1-2-3-9(6-14(16)17)10-7-12-13(8-11(10)15)19-5-4-18-12/h7-9H,2-6H2,1H3,(H,16,17). The van der Waals surface area contributed by atoms with Gasteiger partial charge in [-0.1, -0.05) is 13.3 Å². The quantitative estimate of drug-likeness (QED) is 0.892. The average Bonchev–Trinajstić information content (AvgIpc) is 2.37. The van der Waals surface area contributed by atoms with Crippen LogP contribution in [-0.4, -0.2) is 24.3 Å². The van der Waals surface area contributed by atoms with Crippen molar-refractivity contribution in [3.8, 4) is 11.5 Å². The summed E-state index contributed by atoms with van der Waals surface area (Å²) in [7, 11) is 0. The summed E-state index contributed by atoms with van der Waals surface area (Å²) in [6.45, 7) is 2.78. The molecule has 1 heterocycles. The second-order valence-corrected chi connectivity index (χ2v) is 4.60. The van der Waals surface area contributed by atoms with Crippen molar-refractivity contribution in [2.45, 2.75) is 32.1 Å². The van der Waals surface area contributed by atoms with E-state index in [-0.39, 0.29) is 12.3 Å². The van der Waals surface area contributed by atoms with Crippen LogP contribution in [-0.2, 0) is 4.79 Å². The van der Waals surface area contributed by atoms with Gasteiger partial charge in [0, 0.05) is 6.07 Å². The summed E-state index contributed by atoms with van der Waals surface area (Å²) in [5.41, 5.74) is 0.397. The maximum atomic E-state index is 14.1. The molecule has 1 unspecified atom stereocenters. The Morgan fingerprint density at radius 1 is 1.37 bits per heavy atom. The second kappa shape index (κ2) is 5.91. The summed E-state index contributed by atoms with van der Waals surface area (Å²) in [5.74, 6) is -0.803. The highest BCUT2D eigenvalue weighted by atomic mass is 19.1. The molecular weight excluding hydrogens is 251 g/mol. The number of halogens is 1. The first kappa shape index (κ1) is 13.6. The SMILES string of the molecule is CCCC(CC(=O)O)c1cc2c(cc1F)OCCO2. The molecule has 0 fully saturated rings. The summed E-state index contributed by atoms with van der Waals surface area (Å²) >= 11 is 0. The van der Waals surface area contributed by atoms with E-state index >= 15 is 0 Å². The molecule has 0 amide bonds. The predicted octanol–water partition coefficient (Wildman–Crippen LogP) is 2.96. The first-order valence-corrected chi connectivity index (χ1v) is 6.42. The highest BCUT2D eigenvalue weighted by Gasteiger charge is 2.22. The number of fused-ring (bicyclic) bond motifs is 1. The van der Waals surface area contributed by atoms with Crippen LogP contribution in [0, 0.1) is 5.82 Å². The first-order valence-electron chi connectivity index (χ1n) is 6.42. The van der Waals surface area contributed by atoms with E-state index in [2.05, 4.69) is 0 Å². The summed E-state index contributed by atoms with van der Waals surface area (Å²) in [6, 6.07) is 2.86. The van der Waals surface area contributed by atoms with Gasteiger partial charge in [-0.2, -0.15) is 0 Å². The lowest BCUT2D eigenvalue weighted by molar-refractivity contribution is -0.137. The van der Waals surface area contributed by atoms with Crippen LogP contribution in [0.25, 0.3) is 0 Å². The maximum Gasteiger partial charge on any atom is 0.303 e. The molecule has 4 nitrogen and oxygen atoms in total. The largest absolute Gasteiger partial charge is 0.486 e. The van der Waals surface area contributed by atoms with Gasteiger partial charge in [0.25, 0.3) is 0 Å². The fourth-order valence-corrected chi connectivity index (χ4v) is 2.32. The summed E-state index contributed by atoms with van der Waals surface area (Å²) in [6.07, 6.45) is 1.35. The number of carbonyl (C=O) groups is 1. The van der Waals surface area contributed by atoms with Gasteiger partial charge in [-0.15, -0.1) is 0 Å². The number of rotatable bonds is 5. The van der Waals surface area contributed by atoms with E-state index in [1.54, 1.807) is 6.07 Å². The van der Waals surface area contributed by atoms with Crippen molar-refractivity contribution in [1.29, 1.82) is 0 Å². The molecule has 1 atom stereocenters. The van der Waals surface area contributed by atoms with Gasteiger partial charge in [-0.3, -0.25) is 4.79 Å². The molecule has 0 saturated carbocycles. The number of ether oxygens (including phenoxy) is 2. The smallest absolute Gasteiger partial charge is 0.303 e. The Morgan fingerprint density at radius 2 is 2.00 bits per heavy atom. The fourth-order valence-electron chi connectivity index (χ4n) is 2.32. The first-order chi connectivity index (χ1) is 9.11. The fraction of sp³-hybridized carbons (Fsp3) is 0.500. The minimum atomic E-state index is -0.923. The number of aliphatic carboxylic acids is 1. The van der Waals surface area contributed by atoms with Crippen LogP contribution >= 0.6 is 0 Å². The Labute approximate surface area is 111 Å². The van der Waals surface area contributed by atoms with Crippen LogP contribution < -0.4 is 9.47 Å². The molecule has 0 radical (unpaired) electrons. The van der Waals surface area contributed by atoms with Crippen LogP contribution in [0.4, 0.5) is 4.39 Å². The Kier molecular flexibility index (Phi) is 4.24. The Balaban J connectivity index is 2.32. The molecule has 1 N–H and O–H groups in total. The monoisotopic (exact) mass is 268 g/mol. The van der Waals surface area contributed by atoms with Crippen LogP contribution in [0.2, 0.25) is 0 Å². The van der Waals surface area contributed by atoms with Gasteiger partial charge >= 0.3 is 5.97 Å². The molecule has 0 saturated heterocycles. The number of benzene rings is 1. The van der Waals surface area contributed by atoms with Crippen LogP contribution in [0.1, 0.15) is 37.7 Å². The van der Waals surface area contributed by atoms with Gasteiger partial charge in [-0.05, 0) is 24.0 Å². The number of carboxylic acids is 1. The van der Waals surface area contributed by atoms with E-state index in [1.165, 1.54) is 6.07 Å². The normalized spacial score (nSPS) is 15.1. The van der Waals surface area contributed by atoms with Gasteiger partial charge in [0.1, 0.15) is 19.0 Å². The Hall–Kier alpha value is -1.78. The molecule has 1 aromatic rings. The van der Waals surface area contributed by atoms with E-state index in [9.17, 15) is 9.18 Å². The lowest BCUT2D eigenvalue weighted by Crippen LogP contribution is -2.17. The van der Waals surface area contributed by atoms with Crippen molar-refractivity contribution in [2.24, 2.45) is 0 Å². The zero-order chi connectivity index (χ0) is 13.8. The molecule has 1 aliphatic rings. The second-order valence-electron chi connectivity index (χ2n) is 4.60. The van der Waals surface area contributed by atoms with E-state index in [4.69, 9.17) is 14.6 Å². The molecule has 0 spiro atoms. The van der Waals surface area contributed by atoms with Crippen molar-refractivity contribution >= 4 is 5.97 Å². The Bertz CT molecular complexity index is 473. The van der Waals surface area contributed by atoms with Gasteiger partial charge in [-0.25, -0.2) is 4.39 Å². The van der Waals surface area contributed by atoms with E-state index in [1.807, 2.05) is 6.92 Å². The zero-order valence-electron chi connectivity index (χ0n) is 10.8. The summed E-state index contributed by atoms with van der Waals surface area (Å²) in [5, 5.41) is 8.92. The summed E-state index contributed by atoms with van der Waals surface area (Å²) < 4.78 is 24.8. The van der Waals surface area contributed by atoms with Crippen LogP contribution in [0.3, 0.4) is 0 Å². The number of carboxylic acid groups (broad SMARTS) is 1. The highest BCUT2D eigenvalue weighted by molar-refractivity contribution is 5.68. The van der Waals surface area contributed by atoms with Crippen LogP contribution in [0.15, 0.2) is 12.1 Å². The number of hydrogen-bond acceptors (Lipinski definition) is 3. The van der Waals surface area contributed by atoms with E-state index in [0.717, 1.165) is 6.42 Å². The van der Waals surface area contributed by atoms with Crippen molar-refractivity contribution in [1.82, 2.24) is 0 Å². The maximum absolute atomic E-state index is 14.1. The highest BCUT2D eigenvalue weighted by Crippen LogP contribution is 2.37. The minimum Gasteiger partial charge on any atom is -0.486 e. The molecule has 1 aliphatic heterocycles. The van der Waals surface area contributed by atoms with E-state index in [0.29, 0.717) is 36.7 Å². The lowest BCUT2D eigenvalue weighted by Gasteiger charge is -2.22.